The zero-order valence-corrected chi connectivity index (χ0v) is 16.9. The van der Waals surface area contributed by atoms with Crippen molar-refractivity contribution in [3.05, 3.63) is 95.3 Å². The Morgan fingerprint density at radius 3 is 2.06 bits per heavy atom. The lowest BCUT2D eigenvalue weighted by atomic mass is 9.93. The van der Waals surface area contributed by atoms with Gasteiger partial charge in [0.1, 0.15) is 6.04 Å². The van der Waals surface area contributed by atoms with Gasteiger partial charge < -0.3 is 9.57 Å². The number of methoxy groups -OCH3 is 1. The molecule has 0 aliphatic carbocycles. The Morgan fingerprint density at radius 2 is 1.55 bits per heavy atom. The third-order valence-electron chi connectivity index (χ3n) is 4.66. The summed E-state index contributed by atoms with van der Waals surface area (Å²) in [4.78, 5) is 48.4. The Kier molecular flexibility index (Phi) is 7.09. The molecule has 2 unspecified atom stereocenters. The molecule has 3 rings (SSSR count). The third kappa shape index (κ3) is 4.77. The van der Waals surface area contributed by atoms with E-state index in [2.05, 4.69) is 9.62 Å². The molecule has 0 saturated heterocycles. The summed E-state index contributed by atoms with van der Waals surface area (Å²) < 4.78 is 4.62. The molecule has 0 amide bonds. The van der Waals surface area contributed by atoms with Crippen LogP contribution in [0.2, 0.25) is 0 Å². The number of nitrogens with zero attached hydrogens (tertiary/aromatic N) is 1. The second-order valence-electron chi connectivity index (χ2n) is 6.62. The standard InChI is InChI=1S/C23H21NO7/c1-15(31-28)24-18(13-14-19(25)29-2)20(21(26)16-9-5-3-6-10-16)23(30-24)22(27)17-11-7-4-8-12-17/h3-15,18,28H,1-2H3/b14-13-. The number of esters is 1. The van der Waals surface area contributed by atoms with Gasteiger partial charge in [0, 0.05) is 17.2 Å². The first-order valence-corrected chi connectivity index (χ1v) is 9.44. The SMILES string of the molecule is COC(=O)/C=C\C1C(C(=O)c2ccccc2)=C(C(=O)c2ccccc2)ON1C(C)OO. The smallest absolute Gasteiger partial charge is 0.330 e. The lowest BCUT2D eigenvalue weighted by Crippen LogP contribution is -2.39. The maximum absolute atomic E-state index is 13.4. The first-order chi connectivity index (χ1) is 15.0. The molecule has 1 heterocycles. The molecule has 0 aromatic heterocycles. The van der Waals surface area contributed by atoms with Crippen LogP contribution in [0, 0.1) is 0 Å². The predicted molar refractivity (Wildman–Crippen MR) is 110 cm³/mol. The second kappa shape index (κ2) is 9.94. The lowest BCUT2D eigenvalue weighted by molar-refractivity contribution is -0.353. The quantitative estimate of drug-likeness (QED) is 0.227. The van der Waals surface area contributed by atoms with Gasteiger partial charge in [-0.3, -0.25) is 14.8 Å². The fourth-order valence-corrected chi connectivity index (χ4v) is 3.11. The maximum atomic E-state index is 13.4. The van der Waals surface area contributed by atoms with Crippen LogP contribution >= 0.6 is 0 Å². The number of hydrogen-bond acceptors (Lipinski definition) is 8. The van der Waals surface area contributed by atoms with E-state index in [-0.39, 0.29) is 11.3 Å². The van der Waals surface area contributed by atoms with Crippen LogP contribution in [0.1, 0.15) is 27.6 Å². The summed E-state index contributed by atoms with van der Waals surface area (Å²) in [6, 6.07) is 15.7. The molecular formula is C23H21NO7. The minimum atomic E-state index is -1.06. The van der Waals surface area contributed by atoms with Crippen LogP contribution in [0.15, 0.2) is 84.1 Å². The summed E-state index contributed by atoms with van der Waals surface area (Å²) in [5.74, 6) is -1.87. The molecule has 2 aromatic rings. The first-order valence-electron chi connectivity index (χ1n) is 9.44. The molecule has 8 heteroatoms. The fraction of sp³-hybridized carbons (Fsp3) is 0.174. The van der Waals surface area contributed by atoms with Crippen LogP contribution in [0.3, 0.4) is 0 Å². The molecule has 0 saturated carbocycles. The summed E-state index contributed by atoms with van der Waals surface area (Å²) >= 11 is 0. The Hall–Kier alpha value is -3.59. The van der Waals surface area contributed by atoms with Gasteiger partial charge in [0.15, 0.2) is 12.0 Å². The van der Waals surface area contributed by atoms with Crippen LogP contribution < -0.4 is 0 Å². The molecular weight excluding hydrogens is 402 g/mol. The number of benzene rings is 2. The minimum absolute atomic E-state index is 0.00380. The highest BCUT2D eigenvalue weighted by Gasteiger charge is 2.43. The van der Waals surface area contributed by atoms with Crippen molar-refractivity contribution in [3.63, 3.8) is 0 Å². The molecule has 0 fully saturated rings. The van der Waals surface area contributed by atoms with Crippen molar-refractivity contribution in [2.45, 2.75) is 19.2 Å². The number of rotatable bonds is 8. The van der Waals surface area contributed by atoms with Gasteiger partial charge in [-0.25, -0.2) is 9.68 Å². The molecule has 2 aromatic carbocycles. The average molecular weight is 423 g/mol. The average Bonchev–Trinajstić information content (AvgIpc) is 3.21. The molecule has 8 nitrogen and oxygen atoms in total. The van der Waals surface area contributed by atoms with E-state index in [9.17, 15) is 19.6 Å². The van der Waals surface area contributed by atoms with E-state index in [0.717, 1.165) is 11.1 Å². The van der Waals surface area contributed by atoms with Gasteiger partial charge in [-0.15, -0.1) is 5.06 Å². The molecule has 1 N–H and O–H groups in total. The topological polar surface area (TPSA) is 102 Å². The van der Waals surface area contributed by atoms with Crippen molar-refractivity contribution in [1.82, 2.24) is 5.06 Å². The molecule has 1 aliphatic rings. The van der Waals surface area contributed by atoms with Crippen molar-refractivity contribution < 1.29 is 34.1 Å². The van der Waals surface area contributed by atoms with Gasteiger partial charge in [0.25, 0.3) is 0 Å². The highest BCUT2D eigenvalue weighted by molar-refractivity contribution is 6.18. The van der Waals surface area contributed by atoms with E-state index in [1.165, 1.54) is 20.1 Å². The summed E-state index contributed by atoms with van der Waals surface area (Å²) in [7, 11) is 1.21. The third-order valence-corrected chi connectivity index (χ3v) is 4.66. The zero-order valence-electron chi connectivity index (χ0n) is 16.9. The van der Waals surface area contributed by atoms with Crippen molar-refractivity contribution in [2.75, 3.05) is 7.11 Å². The van der Waals surface area contributed by atoms with Crippen LogP contribution in [0.5, 0.6) is 0 Å². The predicted octanol–water partition coefficient (Wildman–Crippen LogP) is 3.19. The zero-order chi connectivity index (χ0) is 22.4. The number of ether oxygens (including phenoxy) is 1. The van der Waals surface area contributed by atoms with Crippen LogP contribution in [0.4, 0.5) is 0 Å². The number of carbonyl (C=O) groups excluding carboxylic acids is 3. The second-order valence-corrected chi connectivity index (χ2v) is 6.62. The highest BCUT2D eigenvalue weighted by atomic mass is 17.1. The molecule has 31 heavy (non-hydrogen) atoms. The lowest BCUT2D eigenvalue weighted by Gasteiger charge is -2.25. The number of hydroxylamine groups is 2. The summed E-state index contributed by atoms with van der Waals surface area (Å²) in [5.41, 5.74) is 0.644. The van der Waals surface area contributed by atoms with E-state index < -0.39 is 29.8 Å². The largest absolute Gasteiger partial charge is 0.466 e. The molecule has 160 valence electrons. The Morgan fingerprint density at radius 1 is 1.00 bits per heavy atom. The Labute approximate surface area is 178 Å². The van der Waals surface area contributed by atoms with E-state index in [1.54, 1.807) is 60.7 Å². The van der Waals surface area contributed by atoms with E-state index >= 15 is 0 Å². The monoisotopic (exact) mass is 423 g/mol. The van der Waals surface area contributed by atoms with Crippen molar-refractivity contribution in [2.24, 2.45) is 0 Å². The fourth-order valence-electron chi connectivity index (χ4n) is 3.11. The summed E-state index contributed by atoms with van der Waals surface area (Å²) in [6.07, 6.45) is 1.40. The summed E-state index contributed by atoms with van der Waals surface area (Å²) in [6.45, 7) is 1.46. The first kappa shape index (κ1) is 22.1. The highest BCUT2D eigenvalue weighted by Crippen LogP contribution is 2.33. The van der Waals surface area contributed by atoms with Crippen LogP contribution in [-0.4, -0.2) is 47.2 Å². The van der Waals surface area contributed by atoms with Crippen molar-refractivity contribution in [3.8, 4) is 0 Å². The minimum Gasteiger partial charge on any atom is -0.466 e. The van der Waals surface area contributed by atoms with E-state index in [4.69, 9.17) is 4.84 Å². The molecule has 0 bridgehead atoms. The van der Waals surface area contributed by atoms with Gasteiger partial charge in [0.2, 0.25) is 11.5 Å². The van der Waals surface area contributed by atoms with Gasteiger partial charge in [-0.1, -0.05) is 66.7 Å². The number of hydrogen-bond donors (Lipinski definition) is 1. The summed E-state index contributed by atoms with van der Waals surface area (Å²) in [5, 5.41) is 10.3. The van der Waals surface area contributed by atoms with E-state index in [1.807, 2.05) is 0 Å². The molecule has 1 aliphatic heterocycles. The Bertz CT molecular complexity index is 1010. The number of Topliss-reactive ketones (excluding diaryl/α,β-unsaturated/α-hetero) is 2. The number of ketones is 2. The van der Waals surface area contributed by atoms with Gasteiger partial charge in [0.05, 0.1) is 12.7 Å². The number of carbonyl (C=O) groups is 3. The van der Waals surface area contributed by atoms with Gasteiger partial charge in [-0.05, 0) is 6.92 Å². The van der Waals surface area contributed by atoms with Gasteiger partial charge >= 0.3 is 5.97 Å². The number of allylic oxidation sites excluding steroid dienone is 1. The van der Waals surface area contributed by atoms with Crippen LogP contribution in [0.25, 0.3) is 0 Å². The normalized spacial score (nSPS) is 17.5. The van der Waals surface area contributed by atoms with Gasteiger partial charge in [-0.2, -0.15) is 0 Å². The van der Waals surface area contributed by atoms with Crippen LogP contribution in [-0.2, 0) is 19.3 Å². The molecule has 0 spiro atoms. The molecule has 0 radical (unpaired) electrons. The van der Waals surface area contributed by atoms with Crippen molar-refractivity contribution in [1.29, 1.82) is 0 Å². The molecule has 2 atom stereocenters. The van der Waals surface area contributed by atoms with E-state index in [0.29, 0.717) is 11.1 Å². The Balaban J connectivity index is 2.15. The maximum Gasteiger partial charge on any atom is 0.330 e. The van der Waals surface area contributed by atoms with Crippen molar-refractivity contribution >= 4 is 17.5 Å².